The van der Waals surface area contributed by atoms with Crippen LogP contribution in [0.25, 0.3) is 0 Å². The maximum absolute atomic E-state index is 11.7. The van der Waals surface area contributed by atoms with Crippen molar-refractivity contribution in [1.29, 1.82) is 0 Å². The molecule has 1 unspecified atom stereocenters. The molecule has 1 fully saturated rings. The van der Waals surface area contributed by atoms with E-state index < -0.39 is 6.04 Å². The topological polar surface area (TPSA) is 62.6 Å². The summed E-state index contributed by atoms with van der Waals surface area (Å²) in [5.41, 5.74) is 0. The summed E-state index contributed by atoms with van der Waals surface area (Å²) in [5, 5.41) is 2.60. The van der Waals surface area contributed by atoms with Gasteiger partial charge in [0.15, 0.2) is 0 Å². The number of rotatable bonds is 3. The van der Waals surface area contributed by atoms with E-state index in [4.69, 9.17) is 4.42 Å². The van der Waals surface area contributed by atoms with Gasteiger partial charge in [0.1, 0.15) is 11.8 Å². The number of hydrogen-bond acceptors (Lipinski definition) is 3. The Morgan fingerprint density at radius 1 is 1.56 bits per heavy atom. The minimum atomic E-state index is -0.419. The Hall–Kier alpha value is -1.78. The monoisotopic (exact) mass is 222 g/mol. The second kappa shape index (κ2) is 4.38. The highest BCUT2D eigenvalue weighted by Gasteiger charge is 2.28. The van der Waals surface area contributed by atoms with E-state index in [0.717, 1.165) is 5.76 Å². The summed E-state index contributed by atoms with van der Waals surface area (Å²) in [4.78, 5) is 24.5. The SMILES string of the molecule is CC1NC(=O)CN(CCc2ccco2)C1=O. The highest BCUT2D eigenvalue weighted by Crippen LogP contribution is 2.06. The molecule has 1 N–H and O–H groups in total. The van der Waals surface area contributed by atoms with Crippen molar-refractivity contribution in [2.75, 3.05) is 13.1 Å². The minimum Gasteiger partial charge on any atom is -0.469 e. The molecular formula is C11H14N2O3. The third kappa shape index (κ3) is 2.24. The second-order valence-corrected chi connectivity index (χ2v) is 3.88. The van der Waals surface area contributed by atoms with Crippen molar-refractivity contribution in [2.24, 2.45) is 0 Å². The van der Waals surface area contributed by atoms with Crippen LogP contribution in [0.5, 0.6) is 0 Å². The van der Waals surface area contributed by atoms with Crippen LogP contribution < -0.4 is 5.32 Å². The summed E-state index contributed by atoms with van der Waals surface area (Å²) in [6, 6.07) is 3.25. The normalized spacial score (nSPS) is 21.1. The second-order valence-electron chi connectivity index (χ2n) is 3.88. The van der Waals surface area contributed by atoms with Gasteiger partial charge in [0, 0.05) is 13.0 Å². The number of piperazine rings is 1. The fourth-order valence-electron chi connectivity index (χ4n) is 1.76. The first-order valence-electron chi connectivity index (χ1n) is 5.27. The Labute approximate surface area is 93.4 Å². The zero-order chi connectivity index (χ0) is 11.5. The van der Waals surface area contributed by atoms with Gasteiger partial charge in [-0.3, -0.25) is 9.59 Å². The predicted molar refractivity (Wildman–Crippen MR) is 56.6 cm³/mol. The van der Waals surface area contributed by atoms with Crippen molar-refractivity contribution in [2.45, 2.75) is 19.4 Å². The van der Waals surface area contributed by atoms with Gasteiger partial charge in [-0.25, -0.2) is 0 Å². The van der Waals surface area contributed by atoms with Crippen LogP contribution in [0.3, 0.4) is 0 Å². The first kappa shape index (κ1) is 10.7. The summed E-state index contributed by atoms with van der Waals surface area (Å²) < 4.78 is 5.17. The lowest BCUT2D eigenvalue weighted by Gasteiger charge is -2.30. The van der Waals surface area contributed by atoms with E-state index in [1.165, 1.54) is 0 Å². The third-order valence-electron chi connectivity index (χ3n) is 2.60. The summed E-state index contributed by atoms with van der Waals surface area (Å²) in [6.45, 7) is 2.35. The van der Waals surface area contributed by atoms with Gasteiger partial charge >= 0.3 is 0 Å². The van der Waals surface area contributed by atoms with E-state index in [9.17, 15) is 9.59 Å². The fourth-order valence-corrected chi connectivity index (χ4v) is 1.76. The molecule has 1 aliphatic heterocycles. The zero-order valence-electron chi connectivity index (χ0n) is 9.10. The molecule has 5 heteroatoms. The van der Waals surface area contributed by atoms with Crippen LogP contribution in [0.1, 0.15) is 12.7 Å². The largest absolute Gasteiger partial charge is 0.469 e. The maximum Gasteiger partial charge on any atom is 0.245 e. The molecule has 0 saturated carbocycles. The number of carbonyl (C=O) groups is 2. The molecule has 1 aromatic heterocycles. The molecule has 2 heterocycles. The summed E-state index contributed by atoms with van der Waals surface area (Å²) in [5.74, 6) is 0.684. The Kier molecular flexibility index (Phi) is 2.94. The Bertz CT molecular complexity index is 386. The minimum absolute atomic E-state index is 0.0360. The number of amides is 2. The summed E-state index contributed by atoms with van der Waals surface area (Å²) in [6.07, 6.45) is 2.24. The van der Waals surface area contributed by atoms with E-state index in [-0.39, 0.29) is 18.4 Å². The quantitative estimate of drug-likeness (QED) is 0.793. The molecule has 1 atom stereocenters. The lowest BCUT2D eigenvalue weighted by Crippen LogP contribution is -2.57. The van der Waals surface area contributed by atoms with E-state index in [1.807, 2.05) is 12.1 Å². The molecule has 0 aliphatic carbocycles. The molecular weight excluding hydrogens is 208 g/mol. The number of nitrogens with zero attached hydrogens (tertiary/aromatic N) is 1. The highest BCUT2D eigenvalue weighted by molar-refractivity contribution is 5.94. The standard InChI is InChI=1S/C11H14N2O3/c1-8-11(15)13(7-10(14)12-8)5-4-9-3-2-6-16-9/h2-3,6,8H,4-5,7H2,1H3,(H,12,14). The van der Waals surface area contributed by atoms with E-state index in [2.05, 4.69) is 5.32 Å². The van der Waals surface area contributed by atoms with Gasteiger partial charge in [-0.2, -0.15) is 0 Å². The van der Waals surface area contributed by atoms with Crippen molar-refractivity contribution in [3.05, 3.63) is 24.2 Å². The molecule has 1 aromatic rings. The lowest BCUT2D eigenvalue weighted by molar-refractivity contribution is -0.143. The van der Waals surface area contributed by atoms with Gasteiger partial charge in [-0.15, -0.1) is 0 Å². The molecule has 2 rings (SSSR count). The van der Waals surface area contributed by atoms with Crippen LogP contribution in [-0.2, 0) is 16.0 Å². The van der Waals surface area contributed by atoms with Gasteiger partial charge in [-0.05, 0) is 19.1 Å². The van der Waals surface area contributed by atoms with Crippen LogP contribution in [0, 0.1) is 0 Å². The molecule has 0 aromatic carbocycles. The molecule has 16 heavy (non-hydrogen) atoms. The van der Waals surface area contributed by atoms with Crippen molar-refractivity contribution in [3.8, 4) is 0 Å². The van der Waals surface area contributed by atoms with E-state index in [0.29, 0.717) is 13.0 Å². The van der Waals surface area contributed by atoms with E-state index in [1.54, 1.807) is 18.1 Å². The van der Waals surface area contributed by atoms with Gasteiger partial charge in [0.05, 0.1) is 12.8 Å². The summed E-state index contributed by atoms with van der Waals surface area (Å²) in [7, 11) is 0. The highest BCUT2D eigenvalue weighted by atomic mass is 16.3. The molecule has 1 saturated heterocycles. The first-order valence-corrected chi connectivity index (χ1v) is 5.27. The Balaban J connectivity index is 1.93. The van der Waals surface area contributed by atoms with Crippen molar-refractivity contribution in [1.82, 2.24) is 10.2 Å². The molecule has 0 radical (unpaired) electrons. The van der Waals surface area contributed by atoms with Crippen molar-refractivity contribution < 1.29 is 14.0 Å². The van der Waals surface area contributed by atoms with Crippen molar-refractivity contribution in [3.63, 3.8) is 0 Å². The lowest BCUT2D eigenvalue weighted by atomic mass is 10.2. The Morgan fingerprint density at radius 2 is 2.38 bits per heavy atom. The zero-order valence-corrected chi connectivity index (χ0v) is 9.10. The van der Waals surface area contributed by atoms with Gasteiger partial charge in [-0.1, -0.05) is 0 Å². The van der Waals surface area contributed by atoms with Gasteiger partial charge in [0.25, 0.3) is 0 Å². The third-order valence-corrected chi connectivity index (χ3v) is 2.60. The average molecular weight is 222 g/mol. The molecule has 2 amide bonds. The van der Waals surface area contributed by atoms with E-state index >= 15 is 0 Å². The van der Waals surface area contributed by atoms with Crippen LogP contribution in [0.15, 0.2) is 22.8 Å². The van der Waals surface area contributed by atoms with Crippen LogP contribution in [0.4, 0.5) is 0 Å². The average Bonchev–Trinajstić information content (AvgIpc) is 2.74. The van der Waals surface area contributed by atoms with Crippen LogP contribution in [-0.4, -0.2) is 35.8 Å². The number of nitrogens with one attached hydrogen (secondary N) is 1. The van der Waals surface area contributed by atoms with Crippen LogP contribution >= 0.6 is 0 Å². The fraction of sp³-hybridized carbons (Fsp3) is 0.455. The molecule has 1 aliphatic rings. The number of carbonyl (C=O) groups excluding carboxylic acids is 2. The van der Waals surface area contributed by atoms with Crippen LogP contribution in [0.2, 0.25) is 0 Å². The number of furan rings is 1. The molecule has 0 spiro atoms. The summed E-state index contributed by atoms with van der Waals surface area (Å²) >= 11 is 0. The molecule has 0 bridgehead atoms. The number of hydrogen-bond donors (Lipinski definition) is 1. The molecule has 86 valence electrons. The predicted octanol–water partition coefficient (Wildman–Crippen LogP) is 0.169. The van der Waals surface area contributed by atoms with Gasteiger partial charge < -0.3 is 14.6 Å². The molecule has 5 nitrogen and oxygen atoms in total. The maximum atomic E-state index is 11.7. The Morgan fingerprint density at radius 3 is 3.06 bits per heavy atom. The smallest absolute Gasteiger partial charge is 0.245 e. The van der Waals surface area contributed by atoms with Gasteiger partial charge in [0.2, 0.25) is 11.8 Å². The first-order chi connectivity index (χ1) is 7.66. The van der Waals surface area contributed by atoms with Crippen molar-refractivity contribution >= 4 is 11.8 Å².